The molecule has 2 aromatic heterocycles. The average Bonchev–Trinajstić information content (AvgIpc) is 3.21. The van der Waals surface area contributed by atoms with E-state index >= 15 is 0 Å². The molecule has 0 unspecified atom stereocenters. The van der Waals surface area contributed by atoms with Gasteiger partial charge in [0, 0.05) is 29.6 Å². The minimum absolute atomic E-state index is 0. The Morgan fingerprint density at radius 3 is 2.63 bits per heavy atom. The average molecular weight is 505 g/mol. The molecule has 0 radical (unpaired) electrons. The van der Waals surface area contributed by atoms with E-state index in [1.54, 1.807) is 17.5 Å². The number of oxazole rings is 1. The number of aliphatic imine (C=N–C) groups is 1. The number of unbranched alkanes of at least 4 members (excludes halogenated alkanes) is 1. The third kappa shape index (κ3) is 8.59. The van der Waals surface area contributed by atoms with Gasteiger partial charge in [-0.3, -0.25) is 0 Å². The highest BCUT2D eigenvalue weighted by atomic mass is 127. The van der Waals surface area contributed by atoms with E-state index in [4.69, 9.17) is 4.42 Å². The van der Waals surface area contributed by atoms with Gasteiger partial charge in [-0.25, -0.2) is 15.0 Å². The Hall–Kier alpha value is -1.16. The van der Waals surface area contributed by atoms with Gasteiger partial charge in [0.25, 0.3) is 0 Å². The number of aromatic nitrogens is 2. The summed E-state index contributed by atoms with van der Waals surface area (Å²) in [5, 5.41) is 9.96. The Morgan fingerprint density at radius 2 is 2.04 bits per heavy atom. The third-order valence-corrected chi connectivity index (χ3v) is 4.81. The van der Waals surface area contributed by atoms with Crippen molar-refractivity contribution in [3.63, 3.8) is 0 Å². The van der Waals surface area contributed by atoms with Crippen molar-refractivity contribution in [1.29, 1.82) is 0 Å². The van der Waals surface area contributed by atoms with Gasteiger partial charge >= 0.3 is 0 Å². The minimum Gasteiger partial charge on any atom is -0.443 e. The van der Waals surface area contributed by atoms with E-state index in [1.165, 1.54) is 5.01 Å². The van der Waals surface area contributed by atoms with Crippen LogP contribution in [0.5, 0.6) is 0 Å². The first-order valence-electron chi connectivity index (χ1n) is 9.27. The van der Waals surface area contributed by atoms with Crippen LogP contribution in [-0.4, -0.2) is 29.0 Å². The van der Waals surface area contributed by atoms with Crippen molar-refractivity contribution in [2.45, 2.75) is 65.8 Å². The predicted molar refractivity (Wildman–Crippen MR) is 123 cm³/mol. The molecule has 8 heteroatoms. The topological polar surface area (TPSA) is 75.3 Å². The summed E-state index contributed by atoms with van der Waals surface area (Å²) in [5.74, 6) is 2.33. The molecule has 0 aliphatic heterocycles. The lowest BCUT2D eigenvalue weighted by molar-refractivity contribution is 0.383. The van der Waals surface area contributed by atoms with E-state index < -0.39 is 0 Å². The molecule has 0 bridgehead atoms. The molecule has 2 heterocycles. The van der Waals surface area contributed by atoms with Crippen molar-refractivity contribution in [2.75, 3.05) is 13.1 Å². The molecule has 0 aromatic carbocycles. The number of thiazole rings is 1. The SMILES string of the molecule is CCNC(=NCc1ncc(C(C)(C)C)o1)NCCCCc1nc(C)cs1.I. The van der Waals surface area contributed by atoms with Crippen molar-refractivity contribution < 1.29 is 4.42 Å². The standard InChI is InChI=1S/C19H31N5OS.HI/c1-6-20-18(21-10-8-7-9-17-24-14(2)13-26-17)23-12-16-22-11-15(25-16)19(3,4)5;/h11,13H,6-10,12H2,1-5H3,(H2,20,21,23);1H. The van der Waals surface area contributed by atoms with Gasteiger partial charge in [-0.05, 0) is 33.1 Å². The maximum atomic E-state index is 5.79. The lowest BCUT2D eigenvalue weighted by Gasteiger charge is -2.13. The molecule has 6 nitrogen and oxygen atoms in total. The van der Waals surface area contributed by atoms with Gasteiger partial charge in [0.05, 0.1) is 11.2 Å². The fourth-order valence-electron chi connectivity index (χ4n) is 2.34. The first-order valence-corrected chi connectivity index (χ1v) is 10.1. The first-order chi connectivity index (χ1) is 12.4. The molecule has 0 aliphatic carbocycles. The normalized spacial score (nSPS) is 12.0. The van der Waals surface area contributed by atoms with E-state index in [-0.39, 0.29) is 29.4 Å². The molecule has 0 fully saturated rings. The van der Waals surface area contributed by atoms with Crippen LogP contribution in [-0.2, 0) is 18.4 Å². The van der Waals surface area contributed by atoms with E-state index in [0.717, 1.165) is 49.8 Å². The molecule has 0 spiro atoms. The van der Waals surface area contributed by atoms with Crippen LogP contribution >= 0.6 is 35.3 Å². The number of aryl methyl sites for hydroxylation is 2. The van der Waals surface area contributed by atoms with E-state index in [2.05, 4.69) is 58.7 Å². The summed E-state index contributed by atoms with van der Waals surface area (Å²) in [4.78, 5) is 13.4. The second kappa shape index (κ2) is 11.6. The highest BCUT2D eigenvalue weighted by molar-refractivity contribution is 14.0. The summed E-state index contributed by atoms with van der Waals surface area (Å²) in [6.45, 7) is 12.6. The summed E-state index contributed by atoms with van der Waals surface area (Å²) >= 11 is 1.75. The van der Waals surface area contributed by atoms with Gasteiger partial charge < -0.3 is 15.1 Å². The number of guanidine groups is 1. The van der Waals surface area contributed by atoms with Crippen LogP contribution in [0.4, 0.5) is 0 Å². The van der Waals surface area contributed by atoms with Gasteiger partial charge in [-0.15, -0.1) is 35.3 Å². The van der Waals surface area contributed by atoms with Crippen LogP contribution in [0.2, 0.25) is 0 Å². The largest absolute Gasteiger partial charge is 0.443 e. The Morgan fingerprint density at radius 1 is 1.26 bits per heavy atom. The quantitative estimate of drug-likeness (QED) is 0.240. The molecular weight excluding hydrogens is 473 g/mol. The second-order valence-corrected chi connectivity index (χ2v) is 8.27. The molecule has 0 atom stereocenters. The van der Waals surface area contributed by atoms with Crippen molar-refractivity contribution in [2.24, 2.45) is 4.99 Å². The van der Waals surface area contributed by atoms with Gasteiger partial charge in [0.1, 0.15) is 12.3 Å². The summed E-state index contributed by atoms with van der Waals surface area (Å²) in [7, 11) is 0. The van der Waals surface area contributed by atoms with Crippen LogP contribution in [0.15, 0.2) is 21.0 Å². The Bertz CT molecular complexity index is 705. The van der Waals surface area contributed by atoms with Gasteiger partial charge in [-0.1, -0.05) is 20.8 Å². The Kier molecular flexibility index (Phi) is 10.3. The summed E-state index contributed by atoms with van der Waals surface area (Å²) in [5.41, 5.74) is 1.08. The number of nitrogens with zero attached hydrogens (tertiary/aromatic N) is 3. The smallest absolute Gasteiger partial charge is 0.216 e. The fourth-order valence-corrected chi connectivity index (χ4v) is 3.16. The Labute approximate surface area is 183 Å². The molecule has 0 amide bonds. The van der Waals surface area contributed by atoms with E-state index in [1.807, 2.05) is 6.92 Å². The van der Waals surface area contributed by atoms with Crippen molar-refractivity contribution >= 4 is 41.3 Å². The third-order valence-electron chi connectivity index (χ3n) is 3.79. The number of hydrogen-bond acceptors (Lipinski definition) is 5. The zero-order valence-electron chi connectivity index (χ0n) is 17.0. The summed E-state index contributed by atoms with van der Waals surface area (Å²) in [6.07, 6.45) is 5.04. The van der Waals surface area contributed by atoms with Crippen LogP contribution in [0, 0.1) is 6.92 Å². The molecule has 0 aliphatic rings. The van der Waals surface area contributed by atoms with Gasteiger partial charge in [-0.2, -0.15) is 0 Å². The van der Waals surface area contributed by atoms with Crippen molar-refractivity contribution in [3.05, 3.63) is 33.9 Å². The molecule has 2 rings (SSSR count). The zero-order valence-corrected chi connectivity index (χ0v) is 20.1. The molecule has 2 aromatic rings. The van der Waals surface area contributed by atoms with Crippen LogP contribution in [0.1, 0.15) is 62.9 Å². The Balaban J connectivity index is 0.00000364. The van der Waals surface area contributed by atoms with Gasteiger partial charge in [0.2, 0.25) is 5.89 Å². The molecule has 27 heavy (non-hydrogen) atoms. The molecule has 0 saturated carbocycles. The highest BCUT2D eigenvalue weighted by Crippen LogP contribution is 2.22. The molecule has 2 N–H and O–H groups in total. The lowest BCUT2D eigenvalue weighted by atomic mass is 9.94. The van der Waals surface area contributed by atoms with E-state index in [9.17, 15) is 0 Å². The molecule has 0 saturated heterocycles. The summed E-state index contributed by atoms with van der Waals surface area (Å²) in [6, 6.07) is 0. The number of halogens is 1. The molecule has 152 valence electrons. The lowest BCUT2D eigenvalue weighted by Crippen LogP contribution is -2.37. The summed E-state index contributed by atoms with van der Waals surface area (Å²) < 4.78 is 5.79. The number of rotatable bonds is 8. The van der Waals surface area contributed by atoms with Crippen LogP contribution in [0.25, 0.3) is 0 Å². The predicted octanol–water partition coefficient (Wildman–Crippen LogP) is 4.43. The maximum Gasteiger partial charge on any atom is 0.216 e. The monoisotopic (exact) mass is 505 g/mol. The van der Waals surface area contributed by atoms with Crippen molar-refractivity contribution in [3.8, 4) is 0 Å². The molecular formula is C19H32IN5OS. The maximum absolute atomic E-state index is 5.79. The van der Waals surface area contributed by atoms with Gasteiger partial charge in [0.15, 0.2) is 5.96 Å². The first kappa shape index (κ1) is 23.9. The van der Waals surface area contributed by atoms with Crippen molar-refractivity contribution in [1.82, 2.24) is 20.6 Å². The van der Waals surface area contributed by atoms with Crippen LogP contribution < -0.4 is 10.6 Å². The zero-order chi connectivity index (χ0) is 19.0. The number of nitrogens with one attached hydrogen (secondary N) is 2. The second-order valence-electron chi connectivity index (χ2n) is 7.33. The van der Waals surface area contributed by atoms with E-state index in [0.29, 0.717) is 12.4 Å². The van der Waals surface area contributed by atoms with Crippen LogP contribution in [0.3, 0.4) is 0 Å². The highest BCUT2D eigenvalue weighted by Gasteiger charge is 2.18. The minimum atomic E-state index is -0.0341. The fraction of sp³-hybridized carbons (Fsp3) is 0.632. The number of hydrogen-bond donors (Lipinski definition) is 2.